The van der Waals surface area contributed by atoms with E-state index in [4.69, 9.17) is 14.2 Å². The summed E-state index contributed by atoms with van der Waals surface area (Å²) in [5.41, 5.74) is 0. The summed E-state index contributed by atoms with van der Waals surface area (Å²) in [7, 11) is 0. The number of carbonyl (C=O) groups is 3. The zero-order chi connectivity index (χ0) is 57.8. The molecule has 0 aromatic carbocycles. The average Bonchev–Trinajstić information content (AvgIpc) is 3.46. The summed E-state index contributed by atoms with van der Waals surface area (Å²) in [5.74, 6) is -0.849. The van der Waals surface area contributed by atoms with Crippen molar-refractivity contribution in [1.82, 2.24) is 0 Å². The number of rotatable bonds is 68. The fraction of sp³-hybridized carbons (Fsp3) is 0.905. The van der Waals surface area contributed by atoms with Crippen LogP contribution >= 0.6 is 0 Å². The van der Waals surface area contributed by atoms with Gasteiger partial charge in [-0.15, -0.1) is 0 Å². The molecule has 0 bridgehead atoms. The van der Waals surface area contributed by atoms with Crippen molar-refractivity contribution < 1.29 is 28.6 Å². The van der Waals surface area contributed by atoms with Gasteiger partial charge in [-0.25, -0.2) is 0 Å². The Labute approximate surface area is 500 Å². The van der Waals surface area contributed by atoms with E-state index in [1.54, 1.807) is 0 Å². The van der Waals surface area contributed by atoms with Crippen molar-refractivity contribution in [2.45, 2.75) is 419 Å². The van der Waals surface area contributed by atoms with E-state index in [0.29, 0.717) is 19.3 Å². The van der Waals surface area contributed by atoms with E-state index >= 15 is 0 Å². The molecule has 0 heterocycles. The van der Waals surface area contributed by atoms with Crippen LogP contribution in [0.25, 0.3) is 0 Å². The molecule has 1 unspecified atom stereocenters. The molecule has 0 saturated carbocycles. The third-order valence-electron chi connectivity index (χ3n) is 16.7. The first-order valence-electron chi connectivity index (χ1n) is 36.3. The molecule has 80 heavy (non-hydrogen) atoms. The minimum atomic E-state index is -0.770. The van der Waals surface area contributed by atoms with E-state index in [1.807, 2.05) is 0 Å². The monoisotopic (exact) mass is 1130 g/mol. The second-order valence-electron chi connectivity index (χ2n) is 24.9. The Morgan fingerprint density at radius 1 is 0.237 bits per heavy atom. The highest BCUT2D eigenvalue weighted by Crippen LogP contribution is 2.19. The summed E-state index contributed by atoms with van der Waals surface area (Å²) in [6.07, 6.45) is 85.3. The Balaban J connectivity index is 3.99. The first-order chi connectivity index (χ1) is 39.5. The van der Waals surface area contributed by atoms with Crippen LogP contribution in [0.5, 0.6) is 0 Å². The quantitative estimate of drug-likeness (QED) is 0.0261. The van der Waals surface area contributed by atoms with E-state index in [1.165, 1.54) is 302 Å². The minimum absolute atomic E-state index is 0.0673. The maximum Gasteiger partial charge on any atom is 0.306 e. The van der Waals surface area contributed by atoms with Crippen LogP contribution in [0.3, 0.4) is 0 Å². The largest absolute Gasteiger partial charge is 0.462 e. The molecule has 0 saturated heterocycles. The van der Waals surface area contributed by atoms with Gasteiger partial charge in [0, 0.05) is 19.3 Å². The third-order valence-corrected chi connectivity index (χ3v) is 16.7. The summed E-state index contributed by atoms with van der Waals surface area (Å²) in [6.45, 7) is 6.65. The van der Waals surface area contributed by atoms with E-state index in [0.717, 1.165) is 70.6 Å². The number of carbonyl (C=O) groups excluding carboxylic acids is 3. The Bertz CT molecular complexity index is 1290. The van der Waals surface area contributed by atoms with Crippen molar-refractivity contribution in [2.24, 2.45) is 0 Å². The molecular weight excluding hydrogens is 985 g/mol. The maximum atomic E-state index is 12.9. The van der Waals surface area contributed by atoms with Crippen molar-refractivity contribution in [3.05, 3.63) is 24.3 Å². The zero-order valence-electron chi connectivity index (χ0n) is 54.4. The van der Waals surface area contributed by atoms with Crippen LogP contribution in [0.2, 0.25) is 0 Å². The van der Waals surface area contributed by atoms with Crippen LogP contribution in [-0.4, -0.2) is 37.2 Å². The van der Waals surface area contributed by atoms with Crippen LogP contribution in [0, 0.1) is 0 Å². The normalized spacial score (nSPS) is 12.1. The Kier molecular flexibility index (Phi) is 67.6. The lowest BCUT2D eigenvalue weighted by molar-refractivity contribution is -0.167. The average molecular weight is 1130 g/mol. The highest BCUT2D eigenvalue weighted by molar-refractivity contribution is 5.71. The van der Waals surface area contributed by atoms with Gasteiger partial charge in [-0.3, -0.25) is 14.4 Å². The molecule has 1 atom stereocenters. The molecule has 472 valence electrons. The second kappa shape index (κ2) is 69.4. The zero-order valence-corrected chi connectivity index (χ0v) is 54.4. The molecule has 0 aromatic rings. The molecule has 6 heteroatoms. The summed E-state index contributed by atoms with van der Waals surface area (Å²) in [6, 6.07) is 0. The number of unbranched alkanes of at least 4 members (excludes halogenated alkanes) is 53. The molecule has 0 aliphatic carbocycles. The molecule has 0 fully saturated rings. The molecule has 0 rings (SSSR count). The smallest absolute Gasteiger partial charge is 0.306 e. The van der Waals surface area contributed by atoms with Gasteiger partial charge in [0.1, 0.15) is 13.2 Å². The summed E-state index contributed by atoms with van der Waals surface area (Å²) in [5, 5.41) is 0. The SMILES string of the molecule is CCC/C=C\CCCCCCCC(=O)OCC(COC(=O)CCCCCCCCCCCCCCCCCCCCCCCCC/C=C\CCCCCCCCCC)OC(=O)CCCCCCCCCCCCCCCCCCC. The van der Waals surface area contributed by atoms with Gasteiger partial charge in [-0.2, -0.15) is 0 Å². The summed E-state index contributed by atoms with van der Waals surface area (Å²) in [4.78, 5) is 38.3. The number of ether oxygens (including phenoxy) is 3. The second-order valence-corrected chi connectivity index (χ2v) is 24.9. The highest BCUT2D eigenvalue weighted by Gasteiger charge is 2.19. The highest BCUT2D eigenvalue weighted by atomic mass is 16.6. The summed E-state index contributed by atoms with van der Waals surface area (Å²) >= 11 is 0. The van der Waals surface area contributed by atoms with E-state index < -0.39 is 6.10 Å². The van der Waals surface area contributed by atoms with Crippen molar-refractivity contribution in [3.63, 3.8) is 0 Å². The van der Waals surface area contributed by atoms with Gasteiger partial charge in [0.05, 0.1) is 0 Å². The van der Waals surface area contributed by atoms with Crippen LogP contribution < -0.4 is 0 Å². The van der Waals surface area contributed by atoms with Gasteiger partial charge in [-0.1, -0.05) is 353 Å². The van der Waals surface area contributed by atoms with Crippen LogP contribution in [0.1, 0.15) is 412 Å². The van der Waals surface area contributed by atoms with E-state index in [2.05, 4.69) is 45.1 Å². The van der Waals surface area contributed by atoms with Crippen LogP contribution in [0.15, 0.2) is 24.3 Å². The van der Waals surface area contributed by atoms with Gasteiger partial charge >= 0.3 is 17.9 Å². The molecule has 0 spiro atoms. The van der Waals surface area contributed by atoms with Gasteiger partial charge in [0.25, 0.3) is 0 Å². The van der Waals surface area contributed by atoms with Crippen molar-refractivity contribution in [3.8, 4) is 0 Å². The van der Waals surface area contributed by atoms with Crippen molar-refractivity contribution >= 4 is 17.9 Å². The standard InChI is InChI=1S/C74H140O6/c1-4-7-10-13-16-19-22-24-26-28-29-30-31-32-33-34-35-36-37-38-39-40-41-42-43-44-45-47-48-50-52-55-58-61-64-67-73(76)79-70-71(69-78-72(75)66-63-60-57-54-21-18-15-12-9-6-3)80-74(77)68-65-62-59-56-53-51-49-46-27-25-23-20-17-14-11-8-5-2/h12,15,28-29,71H,4-11,13-14,16-27,30-70H2,1-3H3/b15-12-,29-28-. The van der Waals surface area contributed by atoms with Gasteiger partial charge in [0.2, 0.25) is 0 Å². The Morgan fingerprint density at radius 3 is 0.675 bits per heavy atom. The third kappa shape index (κ3) is 66.7. The van der Waals surface area contributed by atoms with Gasteiger partial charge < -0.3 is 14.2 Å². The van der Waals surface area contributed by atoms with Crippen LogP contribution in [-0.2, 0) is 28.6 Å². The lowest BCUT2D eigenvalue weighted by Crippen LogP contribution is -2.30. The first-order valence-corrected chi connectivity index (χ1v) is 36.3. The van der Waals surface area contributed by atoms with Crippen molar-refractivity contribution in [1.29, 1.82) is 0 Å². The minimum Gasteiger partial charge on any atom is -0.462 e. The molecule has 0 aromatic heterocycles. The Morgan fingerprint density at radius 2 is 0.438 bits per heavy atom. The number of allylic oxidation sites excluding steroid dienone is 4. The molecule has 6 nitrogen and oxygen atoms in total. The lowest BCUT2D eigenvalue weighted by Gasteiger charge is -2.18. The lowest BCUT2D eigenvalue weighted by atomic mass is 10.0. The predicted octanol–water partition coefficient (Wildman–Crippen LogP) is 25.0. The van der Waals surface area contributed by atoms with Crippen molar-refractivity contribution in [2.75, 3.05) is 13.2 Å². The van der Waals surface area contributed by atoms with E-state index in [-0.39, 0.29) is 31.1 Å². The van der Waals surface area contributed by atoms with Gasteiger partial charge in [0.15, 0.2) is 6.10 Å². The van der Waals surface area contributed by atoms with E-state index in [9.17, 15) is 14.4 Å². The predicted molar refractivity (Wildman–Crippen MR) is 349 cm³/mol. The molecule has 0 radical (unpaired) electrons. The van der Waals surface area contributed by atoms with Crippen LogP contribution in [0.4, 0.5) is 0 Å². The molecular formula is C74H140O6. The molecule has 0 N–H and O–H groups in total. The number of esters is 3. The Hall–Kier alpha value is -2.11. The number of hydrogen-bond donors (Lipinski definition) is 0. The summed E-state index contributed by atoms with van der Waals surface area (Å²) < 4.78 is 16.9. The van der Waals surface area contributed by atoms with Gasteiger partial charge in [-0.05, 0) is 64.2 Å². The first kappa shape index (κ1) is 77.9. The molecule has 0 amide bonds. The molecule has 0 aliphatic heterocycles. The molecule has 0 aliphatic rings. The topological polar surface area (TPSA) is 78.9 Å². The fourth-order valence-electron chi connectivity index (χ4n) is 11.2. The number of hydrogen-bond acceptors (Lipinski definition) is 6. The maximum absolute atomic E-state index is 12.9. The fourth-order valence-corrected chi connectivity index (χ4v) is 11.2.